The number of imide groups is 1. The number of para-hydroxylation sites is 1. The molecule has 4 rings (SSSR count). The zero-order valence-electron chi connectivity index (χ0n) is 17.1. The van der Waals surface area contributed by atoms with Gasteiger partial charge in [-0.05, 0) is 62.9 Å². The summed E-state index contributed by atoms with van der Waals surface area (Å²) < 4.78 is 6.57. The highest BCUT2D eigenvalue weighted by Gasteiger charge is 2.48. The average Bonchev–Trinajstić information content (AvgIpc) is 3.48. The Bertz CT molecular complexity index is 1120. The van der Waals surface area contributed by atoms with Crippen LogP contribution >= 0.6 is 15.9 Å². The van der Waals surface area contributed by atoms with Crippen LogP contribution in [0.15, 0.2) is 65.3 Å². The Labute approximate surface area is 184 Å². The van der Waals surface area contributed by atoms with Crippen molar-refractivity contribution in [1.29, 1.82) is 0 Å². The second kappa shape index (κ2) is 7.84. The Balaban J connectivity index is 1.71. The quantitative estimate of drug-likeness (QED) is 0.469. The van der Waals surface area contributed by atoms with E-state index in [-0.39, 0.29) is 17.7 Å². The highest BCUT2D eigenvalue weighted by molar-refractivity contribution is 9.10. The van der Waals surface area contributed by atoms with Crippen molar-refractivity contribution in [2.45, 2.75) is 38.7 Å². The second-order valence-electron chi connectivity index (χ2n) is 8.51. The van der Waals surface area contributed by atoms with E-state index in [4.69, 9.17) is 4.74 Å². The molecule has 0 bridgehead atoms. The van der Waals surface area contributed by atoms with Crippen molar-refractivity contribution < 1.29 is 14.3 Å². The third-order valence-electron chi connectivity index (χ3n) is 5.03. The highest BCUT2D eigenvalue weighted by Crippen LogP contribution is 2.49. The number of halogens is 1. The molecular formula is C24H23BrN2O3. The van der Waals surface area contributed by atoms with Crippen molar-refractivity contribution in [3.05, 3.63) is 70.8 Å². The first-order chi connectivity index (χ1) is 14.2. The number of benzene rings is 2. The minimum atomic E-state index is -0.721. The molecule has 3 aromatic rings. The van der Waals surface area contributed by atoms with Crippen LogP contribution in [0.4, 0.5) is 10.5 Å². The number of carbonyl (C=O) groups is 2. The van der Waals surface area contributed by atoms with Crippen LogP contribution in [-0.4, -0.2) is 22.6 Å². The van der Waals surface area contributed by atoms with Gasteiger partial charge in [-0.3, -0.25) is 9.78 Å². The van der Waals surface area contributed by atoms with Gasteiger partial charge in [-0.2, -0.15) is 0 Å². The summed E-state index contributed by atoms with van der Waals surface area (Å²) in [4.78, 5) is 32.2. The highest BCUT2D eigenvalue weighted by atomic mass is 79.9. The van der Waals surface area contributed by atoms with Crippen molar-refractivity contribution in [1.82, 2.24) is 4.98 Å². The monoisotopic (exact) mass is 466 g/mol. The van der Waals surface area contributed by atoms with Crippen LogP contribution in [0.25, 0.3) is 10.9 Å². The van der Waals surface area contributed by atoms with Crippen LogP contribution in [0.1, 0.15) is 38.7 Å². The number of carbonyl (C=O) groups excluding carboxylic acids is 2. The summed E-state index contributed by atoms with van der Waals surface area (Å²) in [7, 11) is 0. The lowest BCUT2D eigenvalue weighted by atomic mass is 10.1. The van der Waals surface area contributed by atoms with Gasteiger partial charge in [0.05, 0.1) is 11.2 Å². The van der Waals surface area contributed by atoms with Gasteiger partial charge in [0, 0.05) is 22.0 Å². The van der Waals surface area contributed by atoms with Crippen molar-refractivity contribution >= 4 is 44.5 Å². The maximum absolute atomic E-state index is 13.5. The van der Waals surface area contributed by atoms with E-state index in [0.717, 1.165) is 15.4 Å². The minimum absolute atomic E-state index is 0.0860. The van der Waals surface area contributed by atoms with Crippen molar-refractivity contribution in [2.24, 2.45) is 5.92 Å². The van der Waals surface area contributed by atoms with Gasteiger partial charge < -0.3 is 4.74 Å². The van der Waals surface area contributed by atoms with Crippen LogP contribution in [0.2, 0.25) is 0 Å². The first-order valence-electron chi connectivity index (χ1n) is 9.91. The van der Waals surface area contributed by atoms with Crippen LogP contribution in [-0.2, 0) is 9.53 Å². The molecule has 0 N–H and O–H groups in total. The Hall–Kier alpha value is -2.73. The molecule has 1 aromatic heterocycles. The first-order valence-corrected chi connectivity index (χ1v) is 10.7. The van der Waals surface area contributed by atoms with Crippen LogP contribution < -0.4 is 4.90 Å². The molecule has 1 aliphatic rings. The molecule has 2 aromatic carbocycles. The molecular weight excluding hydrogens is 444 g/mol. The number of amides is 2. The molecule has 0 radical (unpaired) electrons. The zero-order valence-corrected chi connectivity index (χ0v) is 18.7. The van der Waals surface area contributed by atoms with Crippen LogP contribution in [0, 0.1) is 5.92 Å². The van der Waals surface area contributed by atoms with E-state index in [1.165, 1.54) is 4.90 Å². The molecule has 6 heteroatoms. The number of hydrogen-bond donors (Lipinski definition) is 0. The van der Waals surface area contributed by atoms with Crippen LogP contribution in [0.3, 0.4) is 0 Å². The maximum atomic E-state index is 13.5. The molecule has 5 nitrogen and oxygen atoms in total. The largest absolute Gasteiger partial charge is 0.443 e. The molecule has 0 unspecified atom stereocenters. The summed E-state index contributed by atoms with van der Waals surface area (Å²) in [5.74, 6) is -0.443. The standard InChI is InChI=1S/C24H23BrN2O3/c1-24(2,3)30-23(29)27(20-11-5-7-15-9-6-12-26-21(15)20)22(28)19-14-18(19)16-8-4-10-17(25)13-16/h4-13,18-19H,14H2,1-3H3/t18-,19-/m0/s1. The number of ether oxygens (including phenoxy) is 1. The lowest BCUT2D eigenvalue weighted by Gasteiger charge is -2.27. The second-order valence-corrected chi connectivity index (χ2v) is 9.43. The number of fused-ring (bicyclic) bond motifs is 1. The van der Waals surface area contributed by atoms with Gasteiger partial charge in [0.2, 0.25) is 5.91 Å². The lowest BCUT2D eigenvalue weighted by molar-refractivity contribution is -0.119. The summed E-state index contributed by atoms with van der Waals surface area (Å²) in [6.45, 7) is 5.36. The summed E-state index contributed by atoms with van der Waals surface area (Å²) in [6, 6.07) is 17.2. The van der Waals surface area contributed by atoms with E-state index < -0.39 is 11.7 Å². The van der Waals surface area contributed by atoms with Gasteiger partial charge in [-0.1, -0.05) is 46.3 Å². The SMILES string of the molecule is CC(C)(C)OC(=O)N(C(=O)[C@H]1C[C@H]1c1cccc(Br)c1)c1cccc2cccnc12. The van der Waals surface area contributed by atoms with Gasteiger partial charge in [-0.25, -0.2) is 9.69 Å². The molecule has 154 valence electrons. The topological polar surface area (TPSA) is 59.5 Å². The Morgan fingerprint density at radius 2 is 1.83 bits per heavy atom. The molecule has 1 aliphatic carbocycles. The Kier molecular flexibility index (Phi) is 5.36. The lowest BCUT2D eigenvalue weighted by Crippen LogP contribution is -2.42. The molecule has 0 saturated heterocycles. The van der Waals surface area contributed by atoms with E-state index in [2.05, 4.69) is 20.9 Å². The van der Waals surface area contributed by atoms with Gasteiger partial charge in [0.15, 0.2) is 0 Å². The molecule has 2 amide bonds. The Morgan fingerprint density at radius 3 is 2.57 bits per heavy atom. The third-order valence-corrected chi connectivity index (χ3v) is 5.53. The summed E-state index contributed by atoms with van der Waals surface area (Å²) in [5, 5.41) is 0.857. The van der Waals surface area contributed by atoms with Crippen molar-refractivity contribution in [2.75, 3.05) is 4.90 Å². The van der Waals surface area contributed by atoms with Crippen LogP contribution in [0.5, 0.6) is 0 Å². The van der Waals surface area contributed by atoms with Gasteiger partial charge in [0.25, 0.3) is 0 Å². The smallest absolute Gasteiger partial charge is 0.421 e. The number of rotatable bonds is 3. The van der Waals surface area contributed by atoms with Gasteiger partial charge in [-0.15, -0.1) is 0 Å². The number of hydrogen-bond acceptors (Lipinski definition) is 4. The maximum Gasteiger partial charge on any atom is 0.421 e. The number of nitrogens with zero attached hydrogens (tertiary/aromatic N) is 2. The predicted molar refractivity (Wildman–Crippen MR) is 120 cm³/mol. The molecule has 0 spiro atoms. The third kappa shape index (κ3) is 4.24. The fraction of sp³-hybridized carbons (Fsp3) is 0.292. The molecule has 1 saturated carbocycles. The summed E-state index contributed by atoms with van der Waals surface area (Å²) in [6.07, 6.45) is 1.68. The number of pyridine rings is 1. The minimum Gasteiger partial charge on any atom is -0.443 e. The summed E-state index contributed by atoms with van der Waals surface area (Å²) in [5.41, 5.74) is 1.41. The normalized spacial score (nSPS) is 18.1. The van der Waals surface area contributed by atoms with Gasteiger partial charge >= 0.3 is 6.09 Å². The molecule has 1 fully saturated rings. The van der Waals surface area contributed by atoms with E-state index >= 15 is 0 Å². The average molecular weight is 467 g/mol. The summed E-state index contributed by atoms with van der Waals surface area (Å²) >= 11 is 3.49. The van der Waals surface area contributed by atoms with Crippen molar-refractivity contribution in [3.63, 3.8) is 0 Å². The number of aromatic nitrogens is 1. The van der Waals surface area contributed by atoms with E-state index in [0.29, 0.717) is 17.6 Å². The Morgan fingerprint density at radius 1 is 1.10 bits per heavy atom. The molecule has 1 heterocycles. The fourth-order valence-corrected chi connectivity index (χ4v) is 4.04. The molecule has 2 atom stereocenters. The fourth-order valence-electron chi connectivity index (χ4n) is 3.62. The van der Waals surface area contributed by atoms with E-state index in [1.54, 1.807) is 33.0 Å². The molecule has 30 heavy (non-hydrogen) atoms. The van der Waals surface area contributed by atoms with Gasteiger partial charge in [0.1, 0.15) is 5.60 Å². The first kappa shape index (κ1) is 20.5. The zero-order chi connectivity index (χ0) is 21.5. The number of anilines is 1. The van der Waals surface area contributed by atoms with E-state index in [1.807, 2.05) is 48.5 Å². The molecule has 0 aliphatic heterocycles. The predicted octanol–water partition coefficient (Wildman–Crippen LogP) is 6.07. The van der Waals surface area contributed by atoms with E-state index in [9.17, 15) is 9.59 Å². The van der Waals surface area contributed by atoms with Crippen molar-refractivity contribution in [3.8, 4) is 0 Å².